The third-order valence-corrected chi connectivity index (χ3v) is 3.37. The highest BCUT2D eigenvalue weighted by molar-refractivity contribution is 9.10. The molecule has 21 heavy (non-hydrogen) atoms. The van der Waals surface area contributed by atoms with Crippen molar-refractivity contribution in [3.63, 3.8) is 0 Å². The zero-order valence-electron chi connectivity index (χ0n) is 11.7. The van der Waals surface area contributed by atoms with E-state index in [0.717, 1.165) is 23.9 Å². The molecule has 1 N–H and O–H groups in total. The Hall–Kier alpha value is -1.53. The number of aromatic nitrogens is 1. The van der Waals surface area contributed by atoms with E-state index < -0.39 is 11.6 Å². The molecule has 0 spiro atoms. The van der Waals surface area contributed by atoms with E-state index >= 15 is 0 Å². The van der Waals surface area contributed by atoms with Crippen molar-refractivity contribution in [1.29, 1.82) is 0 Å². The fourth-order valence-corrected chi connectivity index (χ4v) is 2.20. The average molecular weight is 357 g/mol. The Morgan fingerprint density at radius 2 is 2.05 bits per heavy atom. The molecule has 1 aromatic carbocycles. The van der Waals surface area contributed by atoms with Crippen molar-refractivity contribution in [2.75, 3.05) is 6.54 Å². The molecule has 0 saturated heterocycles. The van der Waals surface area contributed by atoms with Crippen molar-refractivity contribution < 1.29 is 13.5 Å². The topological polar surface area (TPSA) is 34.1 Å². The molecule has 0 saturated carbocycles. The fourth-order valence-electron chi connectivity index (χ4n) is 1.79. The van der Waals surface area contributed by atoms with Crippen LogP contribution in [-0.2, 0) is 6.54 Å². The predicted molar refractivity (Wildman–Crippen MR) is 80.5 cm³/mol. The number of nitrogens with zero attached hydrogens (tertiary/aromatic N) is 1. The zero-order chi connectivity index (χ0) is 15.4. The molecule has 0 radical (unpaired) electrons. The highest BCUT2D eigenvalue weighted by atomic mass is 79.9. The summed E-state index contributed by atoms with van der Waals surface area (Å²) in [5.41, 5.74) is 1.81. The summed E-state index contributed by atoms with van der Waals surface area (Å²) in [5, 5.41) is 3.20. The SMILES string of the molecule is CCNCc1ccc(Oc2cc(Br)cc(F)c2F)nc1C. The first-order valence-electron chi connectivity index (χ1n) is 6.51. The first-order valence-corrected chi connectivity index (χ1v) is 7.30. The van der Waals surface area contributed by atoms with Crippen LogP contribution < -0.4 is 10.1 Å². The van der Waals surface area contributed by atoms with E-state index in [4.69, 9.17) is 4.74 Å². The molecule has 2 aromatic rings. The summed E-state index contributed by atoms with van der Waals surface area (Å²) < 4.78 is 32.7. The average Bonchev–Trinajstić information content (AvgIpc) is 2.43. The standard InChI is InChI=1S/C15H15BrF2N2O/c1-3-19-8-10-4-5-14(20-9(10)2)21-13-7-11(16)6-12(17)15(13)18/h4-7,19H,3,8H2,1-2H3. The molecule has 0 unspecified atom stereocenters. The van der Waals surface area contributed by atoms with Crippen LogP contribution in [0.1, 0.15) is 18.2 Å². The van der Waals surface area contributed by atoms with Gasteiger partial charge in [-0.25, -0.2) is 9.37 Å². The molecule has 0 aliphatic carbocycles. The monoisotopic (exact) mass is 356 g/mol. The molecule has 1 heterocycles. The van der Waals surface area contributed by atoms with Crippen LogP contribution in [0.3, 0.4) is 0 Å². The van der Waals surface area contributed by atoms with Crippen molar-refractivity contribution in [2.45, 2.75) is 20.4 Å². The van der Waals surface area contributed by atoms with Crippen LogP contribution in [-0.4, -0.2) is 11.5 Å². The Morgan fingerprint density at radius 3 is 2.71 bits per heavy atom. The Balaban J connectivity index is 2.22. The maximum atomic E-state index is 13.7. The lowest BCUT2D eigenvalue weighted by Crippen LogP contribution is -2.13. The van der Waals surface area contributed by atoms with E-state index in [1.165, 1.54) is 6.07 Å². The molecular formula is C15H15BrF2N2O. The molecule has 2 rings (SSSR count). The third kappa shape index (κ3) is 3.98. The molecule has 3 nitrogen and oxygen atoms in total. The van der Waals surface area contributed by atoms with Crippen LogP contribution in [0.25, 0.3) is 0 Å². The van der Waals surface area contributed by atoms with Crippen molar-refractivity contribution >= 4 is 15.9 Å². The van der Waals surface area contributed by atoms with E-state index in [0.29, 0.717) is 11.0 Å². The highest BCUT2D eigenvalue weighted by Crippen LogP contribution is 2.29. The Kier molecular flexibility index (Phi) is 5.25. The molecule has 112 valence electrons. The Labute approximate surface area is 130 Å². The predicted octanol–water partition coefficient (Wildman–Crippen LogP) is 4.33. The molecule has 1 aromatic heterocycles. The van der Waals surface area contributed by atoms with E-state index in [2.05, 4.69) is 26.2 Å². The minimum atomic E-state index is -1.03. The van der Waals surface area contributed by atoms with Crippen molar-refractivity contribution in [3.8, 4) is 11.6 Å². The largest absolute Gasteiger partial charge is 0.436 e. The quantitative estimate of drug-likeness (QED) is 0.809. The molecule has 0 aliphatic rings. The number of hydrogen-bond donors (Lipinski definition) is 1. The van der Waals surface area contributed by atoms with Crippen LogP contribution in [0.15, 0.2) is 28.7 Å². The number of hydrogen-bond acceptors (Lipinski definition) is 3. The number of halogens is 3. The van der Waals surface area contributed by atoms with Crippen molar-refractivity contribution in [1.82, 2.24) is 10.3 Å². The molecule has 6 heteroatoms. The van der Waals surface area contributed by atoms with Gasteiger partial charge in [0.1, 0.15) is 0 Å². The van der Waals surface area contributed by atoms with Crippen LogP contribution >= 0.6 is 15.9 Å². The van der Waals surface area contributed by atoms with Gasteiger partial charge < -0.3 is 10.1 Å². The molecule has 0 atom stereocenters. The smallest absolute Gasteiger partial charge is 0.219 e. The minimum Gasteiger partial charge on any atom is -0.436 e. The fraction of sp³-hybridized carbons (Fsp3) is 0.267. The number of ether oxygens (including phenoxy) is 1. The summed E-state index contributed by atoms with van der Waals surface area (Å²) >= 11 is 3.10. The van der Waals surface area contributed by atoms with Gasteiger partial charge in [-0.3, -0.25) is 0 Å². The summed E-state index contributed by atoms with van der Waals surface area (Å²) in [7, 11) is 0. The van der Waals surface area contributed by atoms with Gasteiger partial charge in [-0.2, -0.15) is 4.39 Å². The van der Waals surface area contributed by atoms with Gasteiger partial charge in [0, 0.05) is 22.8 Å². The highest BCUT2D eigenvalue weighted by Gasteiger charge is 2.13. The molecule has 0 fully saturated rings. The number of pyridine rings is 1. The van der Waals surface area contributed by atoms with Crippen LogP contribution in [0, 0.1) is 18.6 Å². The molecular weight excluding hydrogens is 342 g/mol. The normalized spacial score (nSPS) is 10.7. The van der Waals surface area contributed by atoms with Gasteiger partial charge in [-0.05, 0) is 31.2 Å². The summed E-state index contributed by atoms with van der Waals surface area (Å²) in [6.07, 6.45) is 0. The summed E-state index contributed by atoms with van der Waals surface area (Å²) in [4.78, 5) is 4.26. The second-order valence-electron chi connectivity index (χ2n) is 4.48. The van der Waals surface area contributed by atoms with Gasteiger partial charge in [0.15, 0.2) is 11.6 Å². The summed E-state index contributed by atoms with van der Waals surface area (Å²) in [5.74, 6) is -1.98. The van der Waals surface area contributed by atoms with Gasteiger partial charge >= 0.3 is 0 Å². The minimum absolute atomic E-state index is 0.201. The first kappa shape index (κ1) is 15.9. The van der Waals surface area contributed by atoms with Crippen LogP contribution in [0.4, 0.5) is 8.78 Å². The lowest BCUT2D eigenvalue weighted by Gasteiger charge is -2.10. The Morgan fingerprint density at radius 1 is 1.29 bits per heavy atom. The summed E-state index contributed by atoms with van der Waals surface area (Å²) in [6, 6.07) is 5.90. The van der Waals surface area contributed by atoms with Gasteiger partial charge in [-0.1, -0.05) is 28.9 Å². The molecule has 0 bridgehead atoms. The second kappa shape index (κ2) is 6.95. The molecule has 0 amide bonds. The number of nitrogens with one attached hydrogen (secondary N) is 1. The number of rotatable bonds is 5. The maximum absolute atomic E-state index is 13.7. The first-order chi connectivity index (χ1) is 10.0. The Bertz CT molecular complexity index is 650. The van der Waals surface area contributed by atoms with E-state index in [-0.39, 0.29) is 11.6 Å². The van der Waals surface area contributed by atoms with E-state index in [9.17, 15) is 8.78 Å². The van der Waals surface area contributed by atoms with Crippen LogP contribution in [0.2, 0.25) is 0 Å². The van der Waals surface area contributed by atoms with Crippen molar-refractivity contribution in [3.05, 3.63) is 51.6 Å². The van der Waals surface area contributed by atoms with E-state index in [1.54, 1.807) is 6.07 Å². The van der Waals surface area contributed by atoms with Gasteiger partial charge in [0.25, 0.3) is 0 Å². The number of benzene rings is 1. The third-order valence-electron chi connectivity index (χ3n) is 2.91. The number of aryl methyl sites for hydroxylation is 1. The van der Waals surface area contributed by atoms with Gasteiger partial charge in [-0.15, -0.1) is 0 Å². The van der Waals surface area contributed by atoms with Gasteiger partial charge in [0.05, 0.1) is 0 Å². The maximum Gasteiger partial charge on any atom is 0.219 e. The lowest BCUT2D eigenvalue weighted by atomic mass is 10.2. The van der Waals surface area contributed by atoms with Gasteiger partial charge in [0.2, 0.25) is 11.7 Å². The van der Waals surface area contributed by atoms with Crippen LogP contribution in [0.5, 0.6) is 11.6 Å². The molecule has 0 aliphatic heterocycles. The zero-order valence-corrected chi connectivity index (χ0v) is 13.3. The van der Waals surface area contributed by atoms with Crippen molar-refractivity contribution in [2.24, 2.45) is 0 Å². The second-order valence-corrected chi connectivity index (χ2v) is 5.39. The van der Waals surface area contributed by atoms with E-state index in [1.807, 2.05) is 19.9 Å². The summed E-state index contributed by atoms with van der Waals surface area (Å²) in [6.45, 7) is 5.43. The lowest BCUT2D eigenvalue weighted by molar-refractivity contribution is 0.404.